The van der Waals surface area contributed by atoms with E-state index in [0.717, 1.165) is 76.6 Å². The van der Waals surface area contributed by atoms with Gasteiger partial charge >= 0.3 is 6.03 Å². The Bertz CT molecular complexity index is 512. The molecule has 2 rings (SSSR count). The van der Waals surface area contributed by atoms with E-state index in [4.69, 9.17) is 9.68 Å². The number of unbranched alkanes of at least 4 members (excludes halogenated alkanes) is 6. The largest absolute Gasteiger partial charge is 0.332 e. The second-order valence-corrected chi connectivity index (χ2v) is 9.64. The lowest BCUT2D eigenvalue weighted by Crippen LogP contribution is -2.36. The van der Waals surface area contributed by atoms with Crippen molar-refractivity contribution in [1.82, 2.24) is 16.0 Å². The third-order valence-corrected chi connectivity index (χ3v) is 7.40. The van der Waals surface area contributed by atoms with Gasteiger partial charge < -0.3 is 20.7 Å². The zero-order valence-electron chi connectivity index (χ0n) is 19.7. The Morgan fingerprint density at radius 3 is 2.38 bits per heavy atom. The molecule has 3 atom stereocenters. The first-order valence-electron chi connectivity index (χ1n) is 12.1. The van der Waals surface area contributed by atoms with Gasteiger partial charge in [0, 0.05) is 23.8 Å². The molecule has 2 amide bonds. The average Bonchev–Trinajstić information content (AvgIpc) is 3.35. The first-order chi connectivity index (χ1) is 15.7. The summed E-state index contributed by atoms with van der Waals surface area (Å²) in [4.78, 5) is 40.7. The first-order valence-corrected chi connectivity index (χ1v) is 13.1. The Labute approximate surface area is 197 Å². The molecule has 0 spiro atoms. The van der Waals surface area contributed by atoms with Crippen LogP contribution < -0.4 is 16.0 Å². The summed E-state index contributed by atoms with van der Waals surface area (Å²) < 4.78 is 0. The molecule has 3 unspecified atom stereocenters. The SMILES string of the molecule is C=O.COOCCCCCCC(=O)CCCCCNCCCCC1SCC2NC(=O)NC21. The quantitative estimate of drug-likeness (QED) is 0.114. The maximum Gasteiger partial charge on any atom is 0.315 e. The van der Waals surface area contributed by atoms with Crippen LogP contribution in [-0.4, -0.2) is 68.5 Å². The van der Waals surface area contributed by atoms with Gasteiger partial charge in [-0.3, -0.25) is 4.79 Å². The van der Waals surface area contributed by atoms with Crippen LogP contribution in [-0.2, 0) is 19.4 Å². The fraction of sp³-hybridized carbons (Fsp3) is 0.870. The van der Waals surface area contributed by atoms with Crippen LogP contribution in [0.3, 0.4) is 0 Å². The number of carbonyl (C=O) groups is 3. The fourth-order valence-corrected chi connectivity index (χ4v) is 5.70. The van der Waals surface area contributed by atoms with Crippen molar-refractivity contribution in [3.63, 3.8) is 0 Å². The maximum absolute atomic E-state index is 11.9. The van der Waals surface area contributed by atoms with Crippen LogP contribution in [0.2, 0.25) is 0 Å². The molecule has 0 aromatic heterocycles. The number of fused-ring (bicyclic) bond motifs is 1. The molecule has 2 aliphatic heterocycles. The highest BCUT2D eigenvalue weighted by atomic mass is 32.2. The zero-order valence-corrected chi connectivity index (χ0v) is 20.5. The number of carbonyl (C=O) groups excluding carboxylic acids is 3. The van der Waals surface area contributed by atoms with Crippen LogP contribution >= 0.6 is 11.8 Å². The number of Topliss-reactive ketones (excluding diaryl/α,β-unsaturated/α-hetero) is 1. The normalized spacial score (nSPS) is 21.4. The Balaban J connectivity index is 0.00000249. The van der Waals surface area contributed by atoms with E-state index in [1.54, 1.807) is 0 Å². The predicted octanol–water partition coefficient (Wildman–Crippen LogP) is 3.38. The molecular weight excluding hydrogens is 430 g/mol. The Hall–Kier alpha value is -1.16. The molecule has 0 bridgehead atoms. The lowest BCUT2D eigenvalue weighted by atomic mass is 10.0. The van der Waals surface area contributed by atoms with Gasteiger partial charge in [0.2, 0.25) is 0 Å². The van der Waals surface area contributed by atoms with Crippen LogP contribution in [0.4, 0.5) is 4.79 Å². The summed E-state index contributed by atoms with van der Waals surface area (Å²) >= 11 is 1.99. The van der Waals surface area contributed by atoms with Gasteiger partial charge in [0.15, 0.2) is 0 Å². The summed E-state index contributed by atoms with van der Waals surface area (Å²) in [5.74, 6) is 1.45. The van der Waals surface area contributed by atoms with Crippen LogP contribution in [0.25, 0.3) is 0 Å². The van der Waals surface area contributed by atoms with Crippen molar-refractivity contribution in [2.75, 3.05) is 32.6 Å². The minimum Gasteiger partial charge on any atom is -0.332 e. The average molecular weight is 474 g/mol. The van der Waals surface area contributed by atoms with E-state index in [0.29, 0.717) is 29.7 Å². The van der Waals surface area contributed by atoms with Crippen molar-refractivity contribution < 1.29 is 24.2 Å². The molecule has 0 saturated carbocycles. The van der Waals surface area contributed by atoms with Crippen LogP contribution in [0.15, 0.2) is 0 Å². The van der Waals surface area contributed by atoms with Gasteiger partial charge in [0.1, 0.15) is 12.6 Å². The fourth-order valence-electron chi connectivity index (χ4n) is 4.16. The zero-order chi connectivity index (χ0) is 23.4. The van der Waals surface area contributed by atoms with E-state index < -0.39 is 0 Å². The summed E-state index contributed by atoms with van der Waals surface area (Å²) in [5, 5.41) is 10.1. The van der Waals surface area contributed by atoms with Crippen molar-refractivity contribution in [3.05, 3.63) is 0 Å². The van der Waals surface area contributed by atoms with Gasteiger partial charge in [-0.05, 0) is 51.6 Å². The molecule has 0 aromatic rings. The Kier molecular flexibility index (Phi) is 17.4. The van der Waals surface area contributed by atoms with Crippen molar-refractivity contribution in [1.29, 1.82) is 0 Å². The molecule has 186 valence electrons. The smallest absolute Gasteiger partial charge is 0.315 e. The highest BCUT2D eigenvalue weighted by Gasteiger charge is 2.42. The van der Waals surface area contributed by atoms with Gasteiger partial charge in [-0.15, -0.1) is 0 Å². The minimum atomic E-state index is 0.00271. The summed E-state index contributed by atoms with van der Waals surface area (Å²) in [6.07, 6.45) is 12.5. The second-order valence-electron chi connectivity index (χ2n) is 8.37. The lowest BCUT2D eigenvalue weighted by molar-refractivity contribution is -0.272. The van der Waals surface area contributed by atoms with Crippen molar-refractivity contribution in [3.8, 4) is 0 Å². The van der Waals surface area contributed by atoms with E-state index in [2.05, 4.69) is 20.8 Å². The topological polar surface area (TPSA) is 106 Å². The van der Waals surface area contributed by atoms with E-state index in [1.807, 2.05) is 18.6 Å². The molecule has 9 heteroatoms. The predicted molar refractivity (Wildman–Crippen MR) is 129 cm³/mol. The lowest BCUT2D eigenvalue weighted by Gasteiger charge is -2.16. The molecule has 3 N–H and O–H groups in total. The van der Waals surface area contributed by atoms with Gasteiger partial charge in [0.25, 0.3) is 0 Å². The number of ketones is 1. The summed E-state index contributed by atoms with van der Waals surface area (Å²) in [6.45, 7) is 4.74. The van der Waals surface area contributed by atoms with Crippen LogP contribution in [0.1, 0.15) is 77.0 Å². The highest BCUT2D eigenvalue weighted by Crippen LogP contribution is 2.32. The standard InChI is InChI=1S/C22H41N3O4S.CH2O/c1-28-29-16-10-3-2-5-11-18(26)12-6-4-8-14-23-15-9-7-13-20-21-19(17-30-20)24-22(27)25-21;1-2/h19-21,23H,2-17H2,1H3,(H2,24,25,27);1H2. The summed E-state index contributed by atoms with van der Waals surface area (Å²) in [5.41, 5.74) is 0. The number of urea groups is 1. The monoisotopic (exact) mass is 473 g/mol. The number of hydrogen-bond donors (Lipinski definition) is 3. The molecule has 2 fully saturated rings. The van der Waals surface area contributed by atoms with Crippen molar-refractivity contribution in [2.45, 2.75) is 94.4 Å². The molecule has 0 aliphatic carbocycles. The number of hydrogen-bond acceptors (Lipinski definition) is 7. The molecule has 0 radical (unpaired) electrons. The third kappa shape index (κ3) is 12.8. The molecule has 8 nitrogen and oxygen atoms in total. The Morgan fingerprint density at radius 2 is 1.66 bits per heavy atom. The second kappa shape index (κ2) is 19.3. The minimum absolute atomic E-state index is 0.00271. The summed E-state index contributed by atoms with van der Waals surface area (Å²) in [7, 11) is 1.53. The number of thioether (sulfide) groups is 1. The van der Waals surface area contributed by atoms with Crippen molar-refractivity contribution >= 4 is 30.4 Å². The van der Waals surface area contributed by atoms with E-state index in [-0.39, 0.29) is 6.03 Å². The van der Waals surface area contributed by atoms with E-state index in [9.17, 15) is 9.59 Å². The number of amides is 2. The molecule has 0 aromatic carbocycles. The number of nitrogens with one attached hydrogen (secondary N) is 3. The molecular formula is C23H43N3O5S. The Morgan fingerprint density at radius 1 is 1.00 bits per heavy atom. The van der Waals surface area contributed by atoms with Gasteiger partial charge in [0.05, 0.1) is 25.8 Å². The first kappa shape index (κ1) is 28.9. The molecule has 2 saturated heterocycles. The van der Waals surface area contributed by atoms with E-state index >= 15 is 0 Å². The summed E-state index contributed by atoms with van der Waals surface area (Å²) in [6, 6.07) is 0.662. The van der Waals surface area contributed by atoms with Gasteiger partial charge in [-0.2, -0.15) is 11.8 Å². The maximum atomic E-state index is 11.9. The van der Waals surface area contributed by atoms with Crippen molar-refractivity contribution in [2.24, 2.45) is 0 Å². The highest BCUT2D eigenvalue weighted by molar-refractivity contribution is 8.00. The van der Waals surface area contributed by atoms with Gasteiger partial charge in [-0.25, -0.2) is 14.6 Å². The van der Waals surface area contributed by atoms with Crippen LogP contribution in [0, 0.1) is 0 Å². The third-order valence-electron chi connectivity index (χ3n) is 5.89. The van der Waals surface area contributed by atoms with E-state index in [1.165, 1.54) is 26.4 Å². The molecule has 32 heavy (non-hydrogen) atoms. The number of rotatable bonds is 19. The molecule has 2 aliphatic rings. The molecule has 2 heterocycles. The van der Waals surface area contributed by atoms with Gasteiger partial charge in [-0.1, -0.05) is 25.7 Å². The van der Waals surface area contributed by atoms with Crippen LogP contribution in [0.5, 0.6) is 0 Å².